The molecule has 0 saturated carbocycles. The summed E-state index contributed by atoms with van der Waals surface area (Å²) in [6.07, 6.45) is 1.57. The Balaban J connectivity index is 1.70. The molecule has 7 heteroatoms. The summed E-state index contributed by atoms with van der Waals surface area (Å²) in [6, 6.07) is 18.9. The highest BCUT2D eigenvalue weighted by Crippen LogP contribution is 2.24. The molecule has 0 unspecified atom stereocenters. The molecule has 1 heterocycles. The van der Waals surface area contributed by atoms with E-state index in [-0.39, 0.29) is 29.9 Å². The standard InChI is InChI=1S/C19H17N3O4/c23-18(21-15-9-4-5-10-16(15)22(24)25)13-20-19(17-11-6-12-26-17)14-7-2-1-3-8-14/h1-12,19-20H,13H2,(H,21,23)/t19-/m1/s1. The molecule has 0 saturated heterocycles. The fourth-order valence-corrected chi connectivity index (χ4v) is 2.61. The summed E-state index contributed by atoms with van der Waals surface area (Å²) in [6.45, 7) is -0.0354. The minimum absolute atomic E-state index is 0.0354. The molecule has 0 spiro atoms. The van der Waals surface area contributed by atoms with E-state index in [4.69, 9.17) is 4.42 Å². The summed E-state index contributed by atoms with van der Waals surface area (Å²) < 4.78 is 5.47. The molecule has 0 aliphatic heterocycles. The number of para-hydroxylation sites is 2. The van der Waals surface area contributed by atoms with Crippen molar-refractivity contribution in [2.45, 2.75) is 6.04 Å². The molecule has 0 aliphatic rings. The molecule has 3 aromatic rings. The van der Waals surface area contributed by atoms with Gasteiger partial charge in [-0.15, -0.1) is 0 Å². The first kappa shape index (κ1) is 17.4. The smallest absolute Gasteiger partial charge is 0.292 e. The van der Waals surface area contributed by atoms with Gasteiger partial charge in [0.25, 0.3) is 5.69 Å². The fraction of sp³-hybridized carbons (Fsp3) is 0.105. The molecule has 132 valence electrons. The first-order valence-corrected chi connectivity index (χ1v) is 8.00. The van der Waals surface area contributed by atoms with Crippen LogP contribution in [0.5, 0.6) is 0 Å². The lowest BCUT2D eigenvalue weighted by Gasteiger charge is -2.17. The summed E-state index contributed by atoms with van der Waals surface area (Å²) in [4.78, 5) is 22.8. The largest absolute Gasteiger partial charge is 0.467 e. The SMILES string of the molecule is O=C(CN[C@H](c1ccccc1)c1ccco1)Nc1ccccc1[N+](=O)[O-]. The van der Waals surface area contributed by atoms with Crippen molar-refractivity contribution in [2.24, 2.45) is 0 Å². The van der Waals surface area contributed by atoms with E-state index in [1.807, 2.05) is 36.4 Å². The molecular weight excluding hydrogens is 334 g/mol. The van der Waals surface area contributed by atoms with Crippen LogP contribution in [0, 0.1) is 10.1 Å². The molecule has 26 heavy (non-hydrogen) atoms. The second kappa shape index (κ2) is 8.09. The van der Waals surface area contributed by atoms with Crippen molar-refractivity contribution in [1.29, 1.82) is 0 Å². The molecule has 7 nitrogen and oxygen atoms in total. The van der Waals surface area contributed by atoms with Crippen LogP contribution in [0.25, 0.3) is 0 Å². The Hall–Kier alpha value is -3.45. The topological polar surface area (TPSA) is 97.4 Å². The van der Waals surface area contributed by atoms with Crippen LogP contribution in [0.2, 0.25) is 0 Å². The van der Waals surface area contributed by atoms with Gasteiger partial charge in [-0.3, -0.25) is 20.2 Å². The zero-order valence-corrected chi connectivity index (χ0v) is 13.8. The number of amides is 1. The summed E-state index contributed by atoms with van der Waals surface area (Å²) in [5.41, 5.74) is 0.964. The van der Waals surface area contributed by atoms with E-state index in [0.29, 0.717) is 5.76 Å². The van der Waals surface area contributed by atoms with Crippen LogP contribution in [0.4, 0.5) is 11.4 Å². The number of anilines is 1. The predicted octanol–water partition coefficient (Wildman–Crippen LogP) is 3.51. The lowest BCUT2D eigenvalue weighted by atomic mass is 10.0. The summed E-state index contributed by atoms with van der Waals surface area (Å²) in [5.74, 6) is 0.293. The van der Waals surface area contributed by atoms with E-state index in [9.17, 15) is 14.9 Å². The van der Waals surface area contributed by atoms with Gasteiger partial charge >= 0.3 is 0 Å². The monoisotopic (exact) mass is 351 g/mol. The summed E-state index contributed by atoms with van der Waals surface area (Å²) in [5, 5.41) is 16.7. The van der Waals surface area contributed by atoms with Gasteiger partial charge in [0.2, 0.25) is 5.91 Å². The maximum absolute atomic E-state index is 12.3. The minimum Gasteiger partial charge on any atom is -0.467 e. The lowest BCUT2D eigenvalue weighted by Crippen LogP contribution is -2.31. The van der Waals surface area contributed by atoms with Gasteiger partial charge in [0.05, 0.1) is 23.8 Å². The van der Waals surface area contributed by atoms with Gasteiger partial charge in [-0.25, -0.2) is 0 Å². The number of nitro benzene ring substituents is 1. The Morgan fingerprint density at radius 3 is 2.46 bits per heavy atom. The molecule has 3 rings (SSSR count). The lowest BCUT2D eigenvalue weighted by molar-refractivity contribution is -0.383. The molecule has 0 radical (unpaired) electrons. The first-order chi connectivity index (χ1) is 12.6. The maximum atomic E-state index is 12.3. The van der Waals surface area contributed by atoms with E-state index >= 15 is 0 Å². The summed E-state index contributed by atoms with van der Waals surface area (Å²) >= 11 is 0. The molecule has 2 aromatic carbocycles. The maximum Gasteiger partial charge on any atom is 0.292 e. The predicted molar refractivity (Wildman–Crippen MR) is 96.7 cm³/mol. The van der Waals surface area contributed by atoms with Gasteiger partial charge in [-0.05, 0) is 23.8 Å². The molecule has 1 amide bonds. The number of benzene rings is 2. The first-order valence-electron chi connectivity index (χ1n) is 8.00. The third-order valence-electron chi connectivity index (χ3n) is 3.80. The number of rotatable bonds is 7. The third-order valence-corrected chi connectivity index (χ3v) is 3.80. The summed E-state index contributed by atoms with van der Waals surface area (Å²) in [7, 11) is 0. The number of furan rings is 1. The van der Waals surface area contributed by atoms with Gasteiger partial charge in [-0.1, -0.05) is 42.5 Å². The van der Waals surface area contributed by atoms with Gasteiger partial charge in [-0.2, -0.15) is 0 Å². The van der Waals surface area contributed by atoms with Crippen molar-refractivity contribution in [1.82, 2.24) is 5.32 Å². The second-order valence-corrected chi connectivity index (χ2v) is 5.56. The van der Waals surface area contributed by atoms with Crippen molar-refractivity contribution in [3.05, 3.63) is 94.4 Å². The molecule has 1 atom stereocenters. The van der Waals surface area contributed by atoms with Crippen LogP contribution in [0.15, 0.2) is 77.4 Å². The quantitative estimate of drug-likeness (QED) is 0.501. The third kappa shape index (κ3) is 4.14. The fourth-order valence-electron chi connectivity index (χ4n) is 2.61. The number of nitrogens with one attached hydrogen (secondary N) is 2. The van der Waals surface area contributed by atoms with E-state index in [0.717, 1.165) is 5.56 Å². The van der Waals surface area contributed by atoms with Crippen molar-refractivity contribution in [2.75, 3.05) is 11.9 Å². The van der Waals surface area contributed by atoms with Gasteiger partial charge in [0.15, 0.2) is 0 Å². The van der Waals surface area contributed by atoms with Crippen molar-refractivity contribution < 1.29 is 14.1 Å². The Labute approximate surface area is 149 Å². The van der Waals surface area contributed by atoms with E-state index in [1.165, 1.54) is 12.1 Å². The zero-order chi connectivity index (χ0) is 18.4. The number of carbonyl (C=O) groups is 1. The number of nitrogens with zero attached hydrogens (tertiary/aromatic N) is 1. The van der Waals surface area contributed by atoms with Gasteiger partial charge in [0, 0.05) is 6.07 Å². The highest BCUT2D eigenvalue weighted by Gasteiger charge is 2.19. The Kier molecular flexibility index (Phi) is 5.40. The molecule has 0 bridgehead atoms. The van der Waals surface area contributed by atoms with Gasteiger partial charge in [0.1, 0.15) is 11.4 Å². The number of nitro groups is 1. The van der Waals surface area contributed by atoms with E-state index < -0.39 is 4.92 Å². The highest BCUT2D eigenvalue weighted by molar-refractivity contribution is 5.94. The van der Waals surface area contributed by atoms with Crippen LogP contribution in [0.1, 0.15) is 17.4 Å². The average molecular weight is 351 g/mol. The number of carbonyl (C=O) groups excluding carboxylic acids is 1. The molecule has 0 fully saturated rings. The van der Waals surface area contributed by atoms with Crippen LogP contribution < -0.4 is 10.6 Å². The van der Waals surface area contributed by atoms with E-state index in [2.05, 4.69) is 10.6 Å². The second-order valence-electron chi connectivity index (χ2n) is 5.56. The average Bonchev–Trinajstić information content (AvgIpc) is 3.17. The van der Waals surface area contributed by atoms with Crippen molar-refractivity contribution in [3.8, 4) is 0 Å². The van der Waals surface area contributed by atoms with Crippen molar-refractivity contribution >= 4 is 17.3 Å². The Bertz CT molecular complexity index is 879. The molecular formula is C19H17N3O4. The number of hydrogen-bond acceptors (Lipinski definition) is 5. The normalized spacial score (nSPS) is 11.7. The van der Waals surface area contributed by atoms with Crippen LogP contribution in [0.3, 0.4) is 0 Å². The van der Waals surface area contributed by atoms with Crippen LogP contribution >= 0.6 is 0 Å². The van der Waals surface area contributed by atoms with Crippen molar-refractivity contribution in [3.63, 3.8) is 0 Å². The van der Waals surface area contributed by atoms with Crippen LogP contribution in [-0.4, -0.2) is 17.4 Å². The minimum atomic E-state index is -0.529. The Morgan fingerprint density at radius 1 is 1.04 bits per heavy atom. The molecule has 1 aromatic heterocycles. The highest BCUT2D eigenvalue weighted by atomic mass is 16.6. The Morgan fingerprint density at radius 2 is 1.77 bits per heavy atom. The van der Waals surface area contributed by atoms with Gasteiger partial charge < -0.3 is 9.73 Å². The number of hydrogen-bond donors (Lipinski definition) is 2. The zero-order valence-electron chi connectivity index (χ0n) is 13.8. The van der Waals surface area contributed by atoms with Crippen LogP contribution in [-0.2, 0) is 4.79 Å². The molecule has 0 aliphatic carbocycles. The molecule has 2 N–H and O–H groups in total. The van der Waals surface area contributed by atoms with E-state index in [1.54, 1.807) is 24.5 Å².